The molecular weight excluding hydrogens is 268 g/mol. The minimum atomic E-state index is -0.359. The maximum Gasteiger partial charge on any atom is 0.243 e. The van der Waals surface area contributed by atoms with E-state index >= 15 is 0 Å². The second-order valence-electron chi connectivity index (χ2n) is 5.51. The SMILES string of the molecule is O=C(CCCCCNC(=O)C1Cc2ccccc2C1)NO. The highest BCUT2D eigenvalue weighted by Crippen LogP contribution is 2.26. The van der Waals surface area contributed by atoms with Crippen molar-refractivity contribution < 1.29 is 14.8 Å². The van der Waals surface area contributed by atoms with Gasteiger partial charge in [0.25, 0.3) is 0 Å². The summed E-state index contributed by atoms with van der Waals surface area (Å²) in [7, 11) is 0. The van der Waals surface area contributed by atoms with Crippen LogP contribution >= 0.6 is 0 Å². The highest BCUT2D eigenvalue weighted by atomic mass is 16.5. The summed E-state index contributed by atoms with van der Waals surface area (Å²) in [6.07, 6.45) is 4.42. The smallest absolute Gasteiger partial charge is 0.243 e. The maximum atomic E-state index is 12.1. The Morgan fingerprint density at radius 2 is 1.76 bits per heavy atom. The molecule has 1 aromatic carbocycles. The fraction of sp³-hybridized carbons (Fsp3) is 0.500. The second-order valence-corrected chi connectivity index (χ2v) is 5.51. The van der Waals surface area contributed by atoms with Crippen LogP contribution in [0.1, 0.15) is 36.8 Å². The third-order valence-electron chi connectivity index (χ3n) is 3.93. The van der Waals surface area contributed by atoms with Crippen LogP contribution in [-0.4, -0.2) is 23.6 Å². The Kier molecular flexibility index (Phi) is 5.75. The molecule has 21 heavy (non-hydrogen) atoms. The van der Waals surface area contributed by atoms with Crippen molar-refractivity contribution in [1.82, 2.24) is 10.8 Å². The molecule has 0 bridgehead atoms. The van der Waals surface area contributed by atoms with Crippen LogP contribution in [0.5, 0.6) is 0 Å². The molecule has 0 spiro atoms. The van der Waals surface area contributed by atoms with Crippen molar-refractivity contribution in [3.63, 3.8) is 0 Å². The number of fused-ring (bicyclic) bond motifs is 1. The molecule has 1 aliphatic rings. The Labute approximate surface area is 124 Å². The lowest BCUT2D eigenvalue weighted by Crippen LogP contribution is -2.31. The van der Waals surface area contributed by atoms with Gasteiger partial charge in [-0.3, -0.25) is 14.8 Å². The van der Waals surface area contributed by atoms with Gasteiger partial charge in [0.05, 0.1) is 0 Å². The van der Waals surface area contributed by atoms with E-state index in [0.29, 0.717) is 13.0 Å². The lowest BCUT2D eigenvalue weighted by atomic mass is 10.1. The van der Waals surface area contributed by atoms with Crippen LogP contribution in [0.2, 0.25) is 0 Å². The number of carbonyl (C=O) groups excluding carboxylic acids is 2. The molecule has 0 heterocycles. The van der Waals surface area contributed by atoms with E-state index in [0.717, 1.165) is 32.1 Å². The quantitative estimate of drug-likeness (QED) is 0.405. The number of hydroxylamine groups is 1. The Balaban J connectivity index is 1.60. The normalized spacial score (nSPS) is 13.8. The van der Waals surface area contributed by atoms with E-state index in [1.807, 2.05) is 12.1 Å². The molecule has 2 rings (SSSR count). The number of nitrogens with one attached hydrogen (secondary N) is 2. The summed E-state index contributed by atoms with van der Waals surface area (Å²) in [6, 6.07) is 8.22. The zero-order valence-electron chi connectivity index (χ0n) is 12.1. The van der Waals surface area contributed by atoms with Gasteiger partial charge in [-0.25, -0.2) is 5.48 Å². The summed E-state index contributed by atoms with van der Waals surface area (Å²) in [5.74, 6) is -0.176. The molecule has 0 saturated heterocycles. The number of amides is 2. The van der Waals surface area contributed by atoms with Gasteiger partial charge in [-0.1, -0.05) is 30.7 Å². The average Bonchev–Trinajstić information content (AvgIpc) is 2.94. The molecule has 114 valence electrons. The molecule has 0 aliphatic heterocycles. The van der Waals surface area contributed by atoms with Gasteiger partial charge in [-0.2, -0.15) is 0 Å². The Morgan fingerprint density at radius 1 is 1.10 bits per heavy atom. The molecule has 0 radical (unpaired) electrons. The number of carbonyl (C=O) groups is 2. The van der Waals surface area contributed by atoms with Gasteiger partial charge in [0.2, 0.25) is 11.8 Å². The second kappa shape index (κ2) is 7.78. The molecule has 2 amide bonds. The zero-order chi connectivity index (χ0) is 15.1. The van der Waals surface area contributed by atoms with Crippen molar-refractivity contribution in [1.29, 1.82) is 0 Å². The summed E-state index contributed by atoms with van der Waals surface area (Å²) in [5, 5.41) is 11.3. The van der Waals surface area contributed by atoms with Crippen LogP contribution in [-0.2, 0) is 22.4 Å². The first-order valence-corrected chi connectivity index (χ1v) is 7.48. The van der Waals surface area contributed by atoms with E-state index < -0.39 is 0 Å². The van der Waals surface area contributed by atoms with Crippen LogP contribution in [0.25, 0.3) is 0 Å². The molecule has 0 fully saturated rings. The van der Waals surface area contributed by atoms with Crippen LogP contribution in [0.4, 0.5) is 0 Å². The first kappa shape index (κ1) is 15.5. The van der Waals surface area contributed by atoms with Gasteiger partial charge in [-0.05, 0) is 36.8 Å². The molecule has 0 saturated carbocycles. The van der Waals surface area contributed by atoms with Crippen molar-refractivity contribution in [3.8, 4) is 0 Å². The Hall–Kier alpha value is -1.88. The first-order valence-electron chi connectivity index (χ1n) is 7.48. The van der Waals surface area contributed by atoms with Crippen molar-refractivity contribution in [2.45, 2.75) is 38.5 Å². The number of rotatable bonds is 7. The van der Waals surface area contributed by atoms with E-state index in [1.165, 1.54) is 11.1 Å². The highest BCUT2D eigenvalue weighted by Gasteiger charge is 2.26. The van der Waals surface area contributed by atoms with Crippen molar-refractivity contribution in [2.75, 3.05) is 6.54 Å². The van der Waals surface area contributed by atoms with Crippen LogP contribution in [0, 0.1) is 5.92 Å². The Bertz CT molecular complexity index is 477. The van der Waals surface area contributed by atoms with E-state index in [-0.39, 0.29) is 17.7 Å². The third-order valence-corrected chi connectivity index (χ3v) is 3.93. The molecular formula is C16H22N2O3. The Morgan fingerprint density at radius 3 is 2.38 bits per heavy atom. The minimum Gasteiger partial charge on any atom is -0.356 e. The molecule has 3 N–H and O–H groups in total. The molecule has 0 unspecified atom stereocenters. The predicted molar refractivity (Wildman–Crippen MR) is 78.7 cm³/mol. The highest BCUT2D eigenvalue weighted by molar-refractivity contribution is 5.80. The lowest BCUT2D eigenvalue weighted by Gasteiger charge is -2.10. The van der Waals surface area contributed by atoms with Gasteiger partial charge < -0.3 is 5.32 Å². The minimum absolute atomic E-state index is 0.0579. The number of hydrogen-bond acceptors (Lipinski definition) is 3. The van der Waals surface area contributed by atoms with Crippen LogP contribution in [0.15, 0.2) is 24.3 Å². The van der Waals surface area contributed by atoms with Gasteiger partial charge in [0, 0.05) is 18.9 Å². The molecule has 0 atom stereocenters. The predicted octanol–water partition coefficient (Wildman–Crippen LogP) is 1.58. The summed E-state index contributed by atoms with van der Waals surface area (Å²) in [4.78, 5) is 22.9. The summed E-state index contributed by atoms with van der Waals surface area (Å²) in [5.41, 5.74) is 4.18. The summed E-state index contributed by atoms with van der Waals surface area (Å²) in [6.45, 7) is 0.645. The standard InChI is InChI=1S/C16H22N2O3/c19-15(18-21)8-2-1-5-9-17-16(20)14-10-12-6-3-4-7-13(12)11-14/h3-4,6-7,14,21H,1-2,5,8-11H2,(H,17,20)(H,18,19). The lowest BCUT2D eigenvalue weighted by molar-refractivity contribution is -0.129. The summed E-state index contributed by atoms with van der Waals surface area (Å²) >= 11 is 0. The van der Waals surface area contributed by atoms with E-state index in [9.17, 15) is 9.59 Å². The van der Waals surface area contributed by atoms with Crippen molar-refractivity contribution >= 4 is 11.8 Å². The van der Waals surface area contributed by atoms with Gasteiger partial charge in [0.15, 0.2) is 0 Å². The molecule has 5 nitrogen and oxygen atoms in total. The third kappa shape index (κ3) is 4.56. The van der Waals surface area contributed by atoms with E-state index in [1.54, 1.807) is 5.48 Å². The maximum absolute atomic E-state index is 12.1. The topological polar surface area (TPSA) is 78.4 Å². The van der Waals surface area contributed by atoms with Crippen LogP contribution in [0.3, 0.4) is 0 Å². The molecule has 5 heteroatoms. The van der Waals surface area contributed by atoms with Crippen LogP contribution < -0.4 is 10.8 Å². The number of hydrogen-bond donors (Lipinski definition) is 3. The first-order chi connectivity index (χ1) is 10.2. The number of unbranched alkanes of at least 4 members (excludes halogenated alkanes) is 2. The number of benzene rings is 1. The van der Waals surface area contributed by atoms with E-state index in [2.05, 4.69) is 17.4 Å². The van der Waals surface area contributed by atoms with Gasteiger partial charge in [0.1, 0.15) is 0 Å². The molecule has 0 aromatic heterocycles. The van der Waals surface area contributed by atoms with Gasteiger partial charge >= 0.3 is 0 Å². The fourth-order valence-corrected chi connectivity index (χ4v) is 2.74. The molecule has 1 aromatic rings. The molecule has 1 aliphatic carbocycles. The zero-order valence-corrected chi connectivity index (χ0v) is 12.1. The van der Waals surface area contributed by atoms with E-state index in [4.69, 9.17) is 5.21 Å². The largest absolute Gasteiger partial charge is 0.356 e. The van der Waals surface area contributed by atoms with Crippen molar-refractivity contribution in [2.24, 2.45) is 5.92 Å². The summed E-state index contributed by atoms with van der Waals surface area (Å²) < 4.78 is 0. The van der Waals surface area contributed by atoms with Gasteiger partial charge in [-0.15, -0.1) is 0 Å². The fourth-order valence-electron chi connectivity index (χ4n) is 2.74. The van der Waals surface area contributed by atoms with Crippen molar-refractivity contribution in [3.05, 3.63) is 35.4 Å². The monoisotopic (exact) mass is 290 g/mol. The average molecular weight is 290 g/mol.